The molecule has 0 fully saturated rings. The van der Waals surface area contributed by atoms with Gasteiger partial charge in [-0.1, -0.05) is 97.3 Å². The first-order chi connectivity index (χ1) is 17.1. The minimum atomic E-state index is -0.527. The molecular formula is C30H48ClNO4. The minimum Gasteiger partial charge on any atom is -0.462 e. The van der Waals surface area contributed by atoms with E-state index in [1.807, 2.05) is 39.0 Å². The first-order valence-corrected chi connectivity index (χ1v) is 14.3. The number of alkyl halides is 1. The van der Waals surface area contributed by atoms with Crippen LogP contribution in [0.4, 0.5) is 5.69 Å². The lowest BCUT2D eigenvalue weighted by Gasteiger charge is -2.21. The number of hydrogen-bond acceptors (Lipinski definition) is 4. The summed E-state index contributed by atoms with van der Waals surface area (Å²) in [6, 6.07) is 9.05. The van der Waals surface area contributed by atoms with Crippen LogP contribution in [0.1, 0.15) is 118 Å². The number of halogens is 1. The number of benzene rings is 1. The maximum absolute atomic E-state index is 12.5. The summed E-state index contributed by atoms with van der Waals surface area (Å²) >= 11 is 6.47. The van der Waals surface area contributed by atoms with Gasteiger partial charge in [0.1, 0.15) is 18.3 Å². The fourth-order valence-corrected chi connectivity index (χ4v) is 4.27. The topological polar surface area (TPSA) is 72.5 Å². The maximum Gasteiger partial charge on any atom is 0.315 e. The van der Waals surface area contributed by atoms with Crippen molar-refractivity contribution in [1.82, 2.24) is 0 Å². The summed E-state index contributed by atoms with van der Waals surface area (Å²) in [4.78, 5) is 37.0. The Bertz CT molecular complexity index is 760. The van der Waals surface area contributed by atoms with Gasteiger partial charge in [0.05, 0.1) is 0 Å². The molecule has 0 aromatic heterocycles. The molecule has 2 atom stereocenters. The van der Waals surface area contributed by atoms with Crippen molar-refractivity contribution in [3.8, 4) is 0 Å². The monoisotopic (exact) mass is 521 g/mol. The van der Waals surface area contributed by atoms with Gasteiger partial charge in [-0.15, -0.1) is 11.6 Å². The van der Waals surface area contributed by atoms with Gasteiger partial charge in [-0.25, -0.2) is 0 Å². The fraction of sp³-hybridized carbons (Fsp3) is 0.700. The SMILES string of the molecule is CCCCCCCCCCCC(CCC(Cl)CC(=O)C(C)(C)C)OC(=O)CC(=O)Nc1ccccc1. The van der Waals surface area contributed by atoms with Crippen molar-refractivity contribution in [2.75, 3.05) is 5.32 Å². The third-order valence-electron chi connectivity index (χ3n) is 6.34. The molecule has 1 amide bonds. The molecule has 5 nitrogen and oxygen atoms in total. The molecule has 0 bridgehead atoms. The Hall–Kier alpha value is -1.88. The number of nitrogens with one attached hydrogen (secondary N) is 1. The lowest BCUT2D eigenvalue weighted by Crippen LogP contribution is -2.26. The summed E-state index contributed by atoms with van der Waals surface area (Å²) in [5.74, 6) is -0.784. The zero-order valence-electron chi connectivity index (χ0n) is 23.0. The summed E-state index contributed by atoms with van der Waals surface area (Å²) in [5, 5.41) is 2.43. The van der Waals surface area contributed by atoms with Gasteiger partial charge in [-0.05, 0) is 37.8 Å². The van der Waals surface area contributed by atoms with Crippen molar-refractivity contribution in [1.29, 1.82) is 0 Å². The maximum atomic E-state index is 12.5. The highest BCUT2D eigenvalue weighted by molar-refractivity contribution is 6.21. The van der Waals surface area contributed by atoms with E-state index >= 15 is 0 Å². The Morgan fingerprint density at radius 1 is 0.861 bits per heavy atom. The van der Waals surface area contributed by atoms with Crippen LogP contribution in [0.25, 0.3) is 0 Å². The van der Waals surface area contributed by atoms with E-state index in [0.717, 1.165) is 19.3 Å². The van der Waals surface area contributed by atoms with Crippen molar-refractivity contribution in [2.24, 2.45) is 5.41 Å². The quantitative estimate of drug-likeness (QED) is 0.0860. The lowest BCUT2D eigenvalue weighted by atomic mass is 9.87. The number of ether oxygens (including phenoxy) is 1. The highest BCUT2D eigenvalue weighted by Gasteiger charge is 2.25. The lowest BCUT2D eigenvalue weighted by molar-refractivity contribution is -0.151. The number of ketones is 1. The molecule has 1 N–H and O–H groups in total. The molecule has 36 heavy (non-hydrogen) atoms. The number of anilines is 1. The van der Waals surface area contributed by atoms with Gasteiger partial charge in [0.25, 0.3) is 0 Å². The van der Waals surface area contributed by atoms with Crippen LogP contribution >= 0.6 is 11.6 Å². The summed E-state index contributed by atoms with van der Waals surface area (Å²) in [6.07, 6.45) is 12.6. The molecule has 2 unspecified atom stereocenters. The number of esters is 1. The van der Waals surface area contributed by atoms with E-state index in [1.54, 1.807) is 12.1 Å². The molecule has 1 rings (SSSR count). The molecule has 0 saturated heterocycles. The second-order valence-electron chi connectivity index (χ2n) is 10.9. The van der Waals surface area contributed by atoms with Crippen LogP contribution in [0.5, 0.6) is 0 Å². The van der Waals surface area contributed by atoms with E-state index in [4.69, 9.17) is 16.3 Å². The van der Waals surface area contributed by atoms with Crippen molar-refractivity contribution < 1.29 is 19.1 Å². The van der Waals surface area contributed by atoms with Gasteiger partial charge in [-0.3, -0.25) is 14.4 Å². The number of unbranched alkanes of at least 4 members (excludes halogenated alkanes) is 8. The van der Waals surface area contributed by atoms with E-state index in [-0.39, 0.29) is 29.6 Å². The molecule has 0 aliphatic heterocycles. The fourth-order valence-electron chi connectivity index (χ4n) is 4.01. The highest BCUT2D eigenvalue weighted by atomic mass is 35.5. The number of rotatable bonds is 19. The van der Waals surface area contributed by atoms with E-state index in [1.165, 1.54) is 44.9 Å². The van der Waals surface area contributed by atoms with Crippen molar-refractivity contribution >= 4 is 34.9 Å². The molecule has 0 aliphatic rings. The van der Waals surface area contributed by atoms with Crippen molar-refractivity contribution in [2.45, 2.75) is 129 Å². The average molecular weight is 522 g/mol. The largest absolute Gasteiger partial charge is 0.462 e. The van der Waals surface area contributed by atoms with Crippen molar-refractivity contribution in [3.63, 3.8) is 0 Å². The molecule has 6 heteroatoms. The first kappa shape index (κ1) is 32.1. The van der Waals surface area contributed by atoms with Gasteiger partial charge in [-0.2, -0.15) is 0 Å². The Kier molecular flexibility index (Phi) is 16.4. The van der Waals surface area contributed by atoms with Crippen LogP contribution in [0.2, 0.25) is 0 Å². The van der Waals surface area contributed by atoms with E-state index in [0.29, 0.717) is 24.9 Å². The van der Waals surface area contributed by atoms with Crippen LogP contribution in [-0.2, 0) is 19.1 Å². The Morgan fingerprint density at radius 3 is 2.03 bits per heavy atom. The number of amides is 1. The third kappa shape index (κ3) is 16.0. The molecule has 0 spiro atoms. The van der Waals surface area contributed by atoms with Crippen LogP contribution < -0.4 is 5.32 Å². The number of para-hydroxylation sites is 1. The first-order valence-electron chi connectivity index (χ1n) is 13.8. The molecule has 0 heterocycles. The third-order valence-corrected chi connectivity index (χ3v) is 6.71. The van der Waals surface area contributed by atoms with Crippen LogP contribution in [0, 0.1) is 5.41 Å². The van der Waals surface area contributed by atoms with E-state index < -0.39 is 11.4 Å². The molecule has 0 radical (unpaired) electrons. The molecule has 1 aromatic rings. The second kappa shape index (κ2) is 18.4. The molecular weight excluding hydrogens is 474 g/mol. The van der Waals surface area contributed by atoms with Crippen LogP contribution in [0.3, 0.4) is 0 Å². The Morgan fingerprint density at radius 2 is 1.44 bits per heavy atom. The van der Waals surface area contributed by atoms with Gasteiger partial charge in [0, 0.05) is 22.9 Å². The Balaban J connectivity index is 2.49. The smallest absolute Gasteiger partial charge is 0.315 e. The second-order valence-corrected chi connectivity index (χ2v) is 11.5. The number of Topliss-reactive ketones (excluding diaryl/α,β-unsaturated/α-hetero) is 1. The highest BCUT2D eigenvalue weighted by Crippen LogP contribution is 2.24. The summed E-state index contributed by atoms with van der Waals surface area (Å²) in [7, 11) is 0. The van der Waals surface area contributed by atoms with Gasteiger partial charge < -0.3 is 10.1 Å². The summed E-state index contributed by atoms with van der Waals surface area (Å²) in [5.41, 5.74) is 0.233. The number of carbonyl (C=O) groups excluding carboxylic acids is 3. The minimum absolute atomic E-state index is 0.132. The zero-order chi connectivity index (χ0) is 26.8. The number of carbonyl (C=O) groups is 3. The normalized spacial score (nSPS) is 13.1. The standard InChI is InChI=1S/C30H48ClNO4/c1-5-6-7-8-9-10-11-12-16-19-26(21-20-24(31)22-27(33)30(2,3)4)36-29(35)23-28(34)32-25-17-14-13-15-18-25/h13-15,17-18,24,26H,5-12,16,19-23H2,1-4H3,(H,32,34). The van der Waals surface area contributed by atoms with Crippen LogP contribution in [0.15, 0.2) is 30.3 Å². The molecule has 0 aliphatic carbocycles. The molecule has 204 valence electrons. The van der Waals surface area contributed by atoms with Crippen molar-refractivity contribution in [3.05, 3.63) is 30.3 Å². The summed E-state index contributed by atoms with van der Waals surface area (Å²) in [6.45, 7) is 7.92. The van der Waals surface area contributed by atoms with Crippen LogP contribution in [-0.4, -0.2) is 29.1 Å². The number of hydrogen-bond donors (Lipinski definition) is 1. The van der Waals surface area contributed by atoms with E-state index in [9.17, 15) is 14.4 Å². The Labute approximate surface area is 224 Å². The van der Waals surface area contributed by atoms with E-state index in [2.05, 4.69) is 12.2 Å². The average Bonchev–Trinajstić information content (AvgIpc) is 2.81. The molecule has 1 aromatic carbocycles. The summed E-state index contributed by atoms with van der Waals surface area (Å²) < 4.78 is 5.71. The molecule has 0 saturated carbocycles. The predicted molar refractivity (Wildman–Crippen MR) is 149 cm³/mol. The van der Waals surface area contributed by atoms with Gasteiger partial charge in [0.15, 0.2) is 0 Å². The van der Waals surface area contributed by atoms with Gasteiger partial charge in [0.2, 0.25) is 5.91 Å². The predicted octanol–water partition coefficient (Wildman–Crippen LogP) is 8.24. The zero-order valence-corrected chi connectivity index (χ0v) is 23.7. The van der Waals surface area contributed by atoms with Gasteiger partial charge >= 0.3 is 5.97 Å².